The molecule has 0 aromatic rings. The molecule has 0 aliphatic heterocycles. The van der Waals surface area contributed by atoms with Gasteiger partial charge in [0.05, 0.1) is 13.0 Å². The maximum absolute atomic E-state index is 11.8. The van der Waals surface area contributed by atoms with Crippen molar-refractivity contribution in [1.82, 2.24) is 4.57 Å². The molecule has 0 amide bonds. The van der Waals surface area contributed by atoms with E-state index in [1.54, 1.807) is 21.3 Å². The second kappa shape index (κ2) is 10.8. The van der Waals surface area contributed by atoms with Gasteiger partial charge in [-0.15, -0.1) is 0 Å². The Morgan fingerprint density at radius 1 is 1.00 bits per heavy atom. The Morgan fingerprint density at radius 2 is 1.52 bits per heavy atom. The summed E-state index contributed by atoms with van der Waals surface area (Å²) in [6, 6.07) is 0.765. The van der Waals surface area contributed by atoms with Gasteiger partial charge >= 0.3 is 14.8 Å². The average Bonchev–Trinajstić information content (AvgIpc) is 2.54. The summed E-state index contributed by atoms with van der Waals surface area (Å²) >= 11 is 0. The van der Waals surface area contributed by atoms with Crippen molar-refractivity contribution in [2.45, 2.75) is 64.7 Å². The highest BCUT2D eigenvalue weighted by atomic mass is 28.4. The van der Waals surface area contributed by atoms with Crippen LogP contribution in [0.4, 0.5) is 0 Å². The lowest BCUT2D eigenvalue weighted by Crippen LogP contribution is -2.56. The van der Waals surface area contributed by atoms with E-state index in [-0.39, 0.29) is 11.0 Å². The third kappa shape index (κ3) is 7.48. The minimum Gasteiger partial charge on any atom is -0.466 e. The zero-order valence-corrected chi connectivity index (χ0v) is 19.7. The molecule has 0 aliphatic rings. The number of nitrogens with zero attached hydrogens (tertiary/aromatic N) is 1. The number of carbonyl (C=O) groups is 1. The summed E-state index contributed by atoms with van der Waals surface area (Å²) in [6.07, 6.45) is 1.35. The molecule has 0 radical (unpaired) electrons. The van der Waals surface area contributed by atoms with E-state index in [1.807, 2.05) is 6.92 Å². The van der Waals surface area contributed by atoms with Crippen molar-refractivity contribution in [2.75, 3.05) is 41.0 Å². The highest BCUT2D eigenvalue weighted by molar-refractivity contribution is 6.77. The van der Waals surface area contributed by atoms with E-state index in [9.17, 15) is 4.79 Å². The van der Waals surface area contributed by atoms with E-state index in [1.165, 1.54) is 0 Å². The van der Waals surface area contributed by atoms with Gasteiger partial charge in [0.15, 0.2) is 0 Å². The predicted molar refractivity (Wildman–Crippen MR) is 106 cm³/mol. The van der Waals surface area contributed by atoms with Gasteiger partial charge in [-0.1, -0.05) is 33.9 Å². The predicted octanol–water partition coefficient (Wildman–Crippen LogP) is 3.52. The molecule has 0 heterocycles. The Bertz CT molecular complexity index is 387. The molecule has 0 aliphatic carbocycles. The van der Waals surface area contributed by atoms with E-state index in [0.717, 1.165) is 25.6 Å². The first kappa shape index (κ1) is 24.7. The molecule has 150 valence electrons. The SMILES string of the molecule is CCOC(=O)CCN(CCC[Si](OC)(OC)OC)[Si](C)(C)C(C)(C)C. The number of hydrogen-bond acceptors (Lipinski definition) is 6. The summed E-state index contributed by atoms with van der Waals surface area (Å²) in [5.41, 5.74) is 0. The lowest BCUT2D eigenvalue weighted by molar-refractivity contribution is -0.143. The van der Waals surface area contributed by atoms with Crippen molar-refractivity contribution in [3.63, 3.8) is 0 Å². The van der Waals surface area contributed by atoms with Crippen LogP contribution in [-0.2, 0) is 22.8 Å². The largest absolute Gasteiger partial charge is 0.500 e. The van der Waals surface area contributed by atoms with Crippen LogP contribution in [0.1, 0.15) is 40.5 Å². The summed E-state index contributed by atoms with van der Waals surface area (Å²) in [4.78, 5) is 11.8. The molecule has 0 bridgehead atoms. The van der Waals surface area contributed by atoms with Crippen LogP contribution >= 0.6 is 0 Å². The van der Waals surface area contributed by atoms with Gasteiger partial charge in [0.1, 0.15) is 8.24 Å². The third-order valence-electron chi connectivity index (χ3n) is 5.36. The normalized spacial score (nSPS) is 13.4. The maximum atomic E-state index is 11.8. The standard InChI is InChI=1S/C17H39NO5Si2/c1-10-23-16(19)12-14-18(24(8,9)17(2,3)4)13-11-15-25(20-5,21-6)22-7/h10-15H2,1-9H3. The molecule has 0 aromatic heterocycles. The molecule has 8 heteroatoms. The quantitative estimate of drug-likeness (QED) is 0.373. The molecule has 0 unspecified atom stereocenters. The first-order valence-corrected chi connectivity index (χ1v) is 13.9. The molecular formula is C17H39NO5Si2. The number of ether oxygens (including phenoxy) is 1. The van der Waals surface area contributed by atoms with E-state index in [4.69, 9.17) is 18.0 Å². The molecular weight excluding hydrogens is 354 g/mol. The summed E-state index contributed by atoms with van der Waals surface area (Å²) in [5, 5.41) is 0.208. The van der Waals surface area contributed by atoms with Gasteiger partial charge < -0.3 is 22.6 Å². The fourth-order valence-corrected chi connectivity index (χ4v) is 6.69. The van der Waals surface area contributed by atoms with E-state index >= 15 is 0 Å². The smallest absolute Gasteiger partial charge is 0.466 e. The van der Waals surface area contributed by atoms with Crippen LogP contribution in [0.5, 0.6) is 0 Å². The van der Waals surface area contributed by atoms with Crippen LogP contribution in [-0.4, -0.2) is 68.6 Å². The first-order valence-electron chi connectivity index (χ1n) is 9.05. The van der Waals surface area contributed by atoms with Crippen LogP contribution < -0.4 is 0 Å². The third-order valence-corrected chi connectivity index (χ3v) is 13.9. The second-order valence-corrected chi connectivity index (χ2v) is 16.1. The molecule has 0 fully saturated rings. The fourth-order valence-electron chi connectivity index (χ4n) is 2.65. The van der Waals surface area contributed by atoms with Gasteiger partial charge in [-0.25, -0.2) is 0 Å². The summed E-state index contributed by atoms with van der Waals surface area (Å²) in [5.74, 6) is -0.124. The van der Waals surface area contributed by atoms with Gasteiger partial charge in [0.2, 0.25) is 0 Å². The van der Waals surface area contributed by atoms with Crippen LogP contribution in [0.25, 0.3) is 0 Å². The Morgan fingerprint density at radius 3 is 1.92 bits per heavy atom. The van der Waals surface area contributed by atoms with Crippen molar-refractivity contribution < 1.29 is 22.8 Å². The Kier molecular flexibility index (Phi) is 10.7. The van der Waals surface area contributed by atoms with Crippen molar-refractivity contribution in [3.05, 3.63) is 0 Å². The first-order chi connectivity index (χ1) is 11.5. The molecule has 0 aromatic carbocycles. The van der Waals surface area contributed by atoms with Crippen LogP contribution in [0, 0.1) is 0 Å². The minimum atomic E-state index is -2.55. The molecule has 0 N–H and O–H groups in total. The fraction of sp³-hybridized carbons (Fsp3) is 0.941. The molecule has 6 nitrogen and oxygen atoms in total. The van der Waals surface area contributed by atoms with Crippen molar-refractivity contribution >= 4 is 23.0 Å². The number of rotatable bonds is 12. The summed E-state index contributed by atoms with van der Waals surface area (Å²) < 4.78 is 24.1. The second-order valence-electron chi connectivity index (χ2n) is 7.75. The van der Waals surface area contributed by atoms with Gasteiger partial charge in [0, 0.05) is 33.9 Å². The summed E-state index contributed by atoms with van der Waals surface area (Å²) in [7, 11) is 0.651. The zero-order chi connectivity index (χ0) is 19.7. The van der Waals surface area contributed by atoms with Gasteiger partial charge in [-0.2, -0.15) is 0 Å². The lowest BCUT2D eigenvalue weighted by Gasteiger charge is -2.46. The number of hydrogen-bond donors (Lipinski definition) is 0. The number of esters is 1. The van der Waals surface area contributed by atoms with Crippen molar-refractivity contribution in [2.24, 2.45) is 0 Å². The molecule has 0 rings (SSSR count). The Balaban J connectivity index is 4.99. The minimum absolute atomic E-state index is 0.124. The van der Waals surface area contributed by atoms with E-state index < -0.39 is 17.0 Å². The lowest BCUT2D eigenvalue weighted by atomic mass is 10.2. The topological polar surface area (TPSA) is 57.2 Å². The Labute approximate surface area is 156 Å². The van der Waals surface area contributed by atoms with Gasteiger partial charge in [-0.3, -0.25) is 4.79 Å². The van der Waals surface area contributed by atoms with Gasteiger partial charge in [0.25, 0.3) is 0 Å². The van der Waals surface area contributed by atoms with Gasteiger partial charge in [-0.05, 0) is 24.9 Å². The van der Waals surface area contributed by atoms with Crippen LogP contribution in [0.2, 0.25) is 24.2 Å². The highest BCUT2D eigenvalue weighted by Gasteiger charge is 2.42. The maximum Gasteiger partial charge on any atom is 0.500 e. The molecule has 0 saturated carbocycles. The van der Waals surface area contributed by atoms with Crippen LogP contribution in [0.15, 0.2) is 0 Å². The monoisotopic (exact) mass is 393 g/mol. The van der Waals surface area contributed by atoms with E-state index in [0.29, 0.717) is 13.0 Å². The number of carbonyl (C=O) groups excluding carboxylic acids is 1. The molecule has 0 saturated heterocycles. The van der Waals surface area contributed by atoms with E-state index in [2.05, 4.69) is 38.4 Å². The Hall–Kier alpha value is -0.256. The summed E-state index contributed by atoms with van der Waals surface area (Å²) in [6.45, 7) is 15.5. The van der Waals surface area contributed by atoms with Crippen LogP contribution in [0.3, 0.4) is 0 Å². The molecule has 0 spiro atoms. The molecule has 25 heavy (non-hydrogen) atoms. The zero-order valence-electron chi connectivity index (χ0n) is 17.7. The van der Waals surface area contributed by atoms with Crippen molar-refractivity contribution in [1.29, 1.82) is 0 Å². The highest BCUT2D eigenvalue weighted by Crippen LogP contribution is 2.38. The van der Waals surface area contributed by atoms with Crippen molar-refractivity contribution in [3.8, 4) is 0 Å². The molecule has 0 atom stereocenters. The average molecular weight is 394 g/mol.